The first kappa shape index (κ1) is 34.6. The highest BCUT2D eigenvalue weighted by atomic mass is 16.5. The highest BCUT2D eigenvalue weighted by Crippen LogP contribution is 2.31. The van der Waals surface area contributed by atoms with Gasteiger partial charge in [-0.1, -0.05) is 83.3 Å². The van der Waals surface area contributed by atoms with Gasteiger partial charge in [0, 0.05) is 57.1 Å². The lowest BCUT2D eigenvalue weighted by atomic mass is 10.1. The standard InChI is InChI=1S/C37H56N4O4/c1-3-4-5-6-7-8-9-10-11-12-13-20-36(42)39-30-21-22-33(32(28-30)37(43)38-29-31-17-16-27-45-31)40-23-25-41(26-24-40)34-18-14-15-19-35(34)44-2/h14-15,18-19,21-22,28,31H,3-13,16-17,20,23-27,29H2,1-2H3,(H,38,43)(H,39,42). The summed E-state index contributed by atoms with van der Waals surface area (Å²) in [5, 5.41) is 6.15. The number of carbonyl (C=O) groups is 2. The number of rotatable bonds is 19. The third kappa shape index (κ3) is 11.2. The van der Waals surface area contributed by atoms with Crippen LogP contribution in [0.5, 0.6) is 5.75 Å². The highest BCUT2D eigenvalue weighted by molar-refractivity contribution is 6.02. The van der Waals surface area contributed by atoms with Gasteiger partial charge in [-0.2, -0.15) is 0 Å². The van der Waals surface area contributed by atoms with Crippen molar-refractivity contribution in [3.05, 3.63) is 48.0 Å². The van der Waals surface area contributed by atoms with E-state index in [9.17, 15) is 9.59 Å². The zero-order chi connectivity index (χ0) is 31.7. The van der Waals surface area contributed by atoms with Gasteiger partial charge in [-0.15, -0.1) is 0 Å². The molecule has 2 aromatic rings. The Hall–Kier alpha value is -3.26. The van der Waals surface area contributed by atoms with Crippen molar-refractivity contribution in [3.8, 4) is 5.75 Å². The number of benzene rings is 2. The second-order valence-electron chi connectivity index (χ2n) is 12.6. The average Bonchev–Trinajstić information content (AvgIpc) is 3.60. The molecule has 0 bridgehead atoms. The molecule has 248 valence electrons. The SMILES string of the molecule is CCCCCCCCCCCCCC(=O)Nc1ccc(N2CCN(c3ccccc3OC)CC2)c(C(=O)NCC2CCCO2)c1. The van der Waals surface area contributed by atoms with Crippen LogP contribution in [0.1, 0.15) is 107 Å². The van der Waals surface area contributed by atoms with Gasteiger partial charge in [0.1, 0.15) is 5.75 Å². The van der Waals surface area contributed by atoms with E-state index < -0.39 is 0 Å². The van der Waals surface area contributed by atoms with Crippen LogP contribution >= 0.6 is 0 Å². The maximum absolute atomic E-state index is 13.5. The maximum atomic E-state index is 13.5. The van der Waals surface area contributed by atoms with E-state index >= 15 is 0 Å². The molecule has 0 aliphatic carbocycles. The minimum Gasteiger partial charge on any atom is -0.495 e. The fraction of sp³-hybridized carbons (Fsp3) is 0.622. The molecule has 8 nitrogen and oxygen atoms in total. The fourth-order valence-corrected chi connectivity index (χ4v) is 6.43. The number of hydrogen-bond donors (Lipinski definition) is 2. The minimum absolute atomic E-state index is 0.00908. The van der Waals surface area contributed by atoms with Gasteiger partial charge in [0.25, 0.3) is 5.91 Å². The topological polar surface area (TPSA) is 83.1 Å². The van der Waals surface area contributed by atoms with E-state index in [4.69, 9.17) is 9.47 Å². The van der Waals surface area contributed by atoms with Gasteiger partial charge in [0.2, 0.25) is 5.91 Å². The monoisotopic (exact) mass is 620 g/mol. The van der Waals surface area contributed by atoms with E-state index in [2.05, 4.69) is 33.4 Å². The lowest BCUT2D eigenvalue weighted by Crippen LogP contribution is -2.47. The molecule has 2 aromatic carbocycles. The van der Waals surface area contributed by atoms with E-state index in [1.165, 1.54) is 57.8 Å². The Morgan fingerprint density at radius 2 is 1.49 bits per heavy atom. The second-order valence-corrected chi connectivity index (χ2v) is 12.6. The summed E-state index contributed by atoms with van der Waals surface area (Å²) in [6.45, 7) is 6.68. The number of amides is 2. The third-order valence-corrected chi connectivity index (χ3v) is 9.09. The number of carbonyl (C=O) groups excluding carboxylic acids is 2. The molecule has 2 N–H and O–H groups in total. The number of anilines is 3. The van der Waals surface area contributed by atoms with Crippen LogP contribution in [0, 0.1) is 0 Å². The van der Waals surface area contributed by atoms with E-state index in [1.54, 1.807) is 7.11 Å². The molecule has 2 aliphatic heterocycles. The van der Waals surface area contributed by atoms with E-state index in [1.807, 2.05) is 36.4 Å². The molecule has 1 atom stereocenters. The fourth-order valence-electron chi connectivity index (χ4n) is 6.43. The molecule has 2 saturated heterocycles. The molecule has 0 saturated carbocycles. The van der Waals surface area contributed by atoms with Crippen molar-refractivity contribution >= 4 is 28.9 Å². The van der Waals surface area contributed by atoms with Crippen LogP contribution < -0.4 is 25.2 Å². The van der Waals surface area contributed by atoms with Crippen LogP contribution in [0.4, 0.5) is 17.1 Å². The predicted octanol–water partition coefficient (Wildman–Crippen LogP) is 7.57. The van der Waals surface area contributed by atoms with Crippen molar-refractivity contribution in [2.75, 3.05) is 61.6 Å². The van der Waals surface area contributed by atoms with Gasteiger partial charge in [-0.05, 0) is 49.6 Å². The van der Waals surface area contributed by atoms with Gasteiger partial charge in [0.15, 0.2) is 0 Å². The van der Waals surface area contributed by atoms with Crippen LogP contribution in [0.3, 0.4) is 0 Å². The number of para-hydroxylation sites is 2. The molecule has 1 unspecified atom stereocenters. The molecular formula is C37H56N4O4. The Bertz CT molecular complexity index is 1170. The normalized spacial score (nSPS) is 16.5. The first-order chi connectivity index (χ1) is 22.1. The molecule has 2 amide bonds. The number of hydrogen-bond acceptors (Lipinski definition) is 6. The minimum atomic E-state index is -0.130. The van der Waals surface area contributed by atoms with Gasteiger partial charge in [-0.25, -0.2) is 0 Å². The van der Waals surface area contributed by atoms with Gasteiger partial charge >= 0.3 is 0 Å². The molecule has 0 aromatic heterocycles. The summed E-state index contributed by atoms with van der Waals surface area (Å²) in [4.78, 5) is 30.9. The van der Waals surface area contributed by atoms with Crippen molar-refractivity contribution in [3.63, 3.8) is 0 Å². The van der Waals surface area contributed by atoms with E-state index in [-0.39, 0.29) is 17.9 Å². The van der Waals surface area contributed by atoms with Crippen LogP contribution in [0.15, 0.2) is 42.5 Å². The molecule has 0 spiro atoms. The number of piperazine rings is 1. The Balaban J connectivity index is 1.29. The van der Waals surface area contributed by atoms with Crippen molar-refractivity contribution in [1.29, 1.82) is 0 Å². The first-order valence-electron chi connectivity index (χ1n) is 17.6. The summed E-state index contributed by atoms with van der Waals surface area (Å²) >= 11 is 0. The molecule has 2 aliphatic rings. The van der Waals surface area contributed by atoms with E-state index in [0.29, 0.717) is 24.2 Å². The lowest BCUT2D eigenvalue weighted by molar-refractivity contribution is -0.116. The number of nitrogens with zero attached hydrogens (tertiary/aromatic N) is 2. The smallest absolute Gasteiger partial charge is 0.253 e. The largest absolute Gasteiger partial charge is 0.495 e. The Morgan fingerprint density at radius 3 is 2.13 bits per heavy atom. The number of methoxy groups -OCH3 is 1. The van der Waals surface area contributed by atoms with Gasteiger partial charge in [0.05, 0.1) is 24.5 Å². The first-order valence-corrected chi connectivity index (χ1v) is 17.6. The molecule has 2 heterocycles. The maximum Gasteiger partial charge on any atom is 0.253 e. The molecule has 45 heavy (non-hydrogen) atoms. The summed E-state index contributed by atoms with van der Waals surface area (Å²) in [7, 11) is 1.70. The summed E-state index contributed by atoms with van der Waals surface area (Å²) < 4.78 is 11.3. The zero-order valence-corrected chi connectivity index (χ0v) is 27.8. The average molecular weight is 621 g/mol. The molecular weight excluding hydrogens is 564 g/mol. The van der Waals surface area contributed by atoms with Crippen LogP contribution in [-0.2, 0) is 9.53 Å². The number of ether oxygens (including phenoxy) is 2. The Labute approximate surface area is 271 Å². The summed E-state index contributed by atoms with van der Waals surface area (Å²) in [5.41, 5.74) is 3.24. The number of unbranched alkanes of at least 4 members (excludes halogenated alkanes) is 10. The Morgan fingerprint density at radius 1 is 0.844 bits per heavy atom. The summed E-state index contributed by atoms with van der Waals surface area (Å²) in [6, 6.07) is 13.8. The van der Waals surface area contributed by atoms with Crippen molar-refractivity contribution < 1.29 is 19.1 Å². The van der Waals surface area contributed by atoms with Crippen molar-refractivity contribution in [1.82, 2.24) is 5.32 Å². The van der Waals surface area contributed by atoms with Crippen LogP contribution in [0.25, 0.3) is 0 Å². The highest BCUT2D eigenvalue weighted by Gasteiger charge is 2.25. The van der Waals surface area contributed by atoms with Gasteiger partial charge in [-0.3, -0.25) is 9.59 Å². The predicted molar refractivity (Wildman–Crippen MR) is 185 cm³/mol. The molecule has 8 heteroatoms. The number of nitrogens with one attached hydrogen (secondary N) is 2. The molecule has 4 rings (SSSR count). The van der Waals surface area contributed by atoms with Crippen LogP contribution in [0.2, 0.25) is 0 Å². The summed E-state index contributed by atoms with van der Waals surface area (Å²) in [5.74, 6) is 0.748. The van der Waals surface area contributed by atoms with Crippen molar-refractivity contribution in [2.45, 2.75) is 103 Å². The second kappa shape index (κ2) is 19.3. The third-order valence-electron chi connectivity index (χ3n) is 9.09. The Kier molecular flexibility index (Phi) is 14.8. The zero-order valence-electron chi connectivity index (χ0n) is 27.8. The molecule has 2 fully saturated rings. The molecule has 0 radical (unpaired) electrons. The lowest BCUT2D eigenvalue weighted by Gasteiger charge is -2.38. The summed E-state index contributed by atoms with van der Waals surface area (Å²) in [6.07, 6.45) is 16.4. The quantitative estimate of drug-likeness (QED) is 0.158. The van der Waals surface area contributed by atoms with Gasteiger partial charge < -0.3 is 29.9 Å². The van der Waals surface area contributed by atoms with Crippen molar-refractivity contribution in [2.24, 2.45) is 0 Å². The van der Waals surface area contributed by atoms with Crippen LogP contribution in [-0.4, -0.2) is 64.4 Å². The van der Waals surface area contributed by atoms with E-state index in [0.717, 1.165) is 75.6 Å².